The molecule has 1 saturated carbocycles. The molecule has 3 N–H and O–H groups in total. The van der Waals surface area contributed by atoms with Crippen molar-refractivity contribution in [3.8, 4) is 5.75 Å². The van der Waals surface area contributed by atoms with Crippen molar-refractivity contribution in [2.24, 2.45) is 11.7 Å². The molecule has 0 saturated heterocycles. The molecule has 1 aliphatic carbocycles. The highest BCUT2D eigenvalue weighted by molar-refractivity contribution is 6.32. The maximum atomic E-state index is 13.7. The van der Waals surface area contributed by atoms with Crippen molar-refractivity contribution in [2.45, 2.75) is 38.1 Å². The van der Waals surface area contributed by atoms with Crippen LogP contribution in [0.25, 0.3) is 0 Å². The summed E-state index contributed by atoms with van der Waals surface area (Å²) in [7, 11) is 0. The Labute approximate surface area is 118 Å². The summed E-state index contributed by atoms with van der Waals surface area (Å²) in [5, 5.41) is 9.99. The molecule has 1 atom stereocenters. The van der Waals surface area contributed by atoms with Gasteiger partial charge in [-0.3, -0.25) is 0 Å². The minimum absolute atomic E-state index is 0. The van der Waals surface area contributed by atoms with Gasteiger partial charge < -0.3 is 10.8 Å². The van der Waals surface area contributed by atoms with E-state index in [1.807, 2.05) is 0 Å². The van der Waals surface area contributed by atoms with Gasteiger partial charge in [0.15, 0.2) is 0 Å². The van der Waals surface area contributed by atoms with Crippen molar-refractivity contribution < 1.29 is 9.50 Å². The first-order chi connectivity index (χ1) is 8.11. The van der Waals surface area contributed by atoms with Crippen molar-refractivity contribution in [1.82, 2.24) is 0 Å². The topological polar surface area (TPSA) is 46.2 Å². The summed E-state index contributed by atoms with van der Waals surface area (Å²) >= 11 is 5.80. The average molecular weight is 294 g/mol. The zero-order valence-electron chi connectivity index (χ0n) is 10.0. The molecule has 0 aliphatic heterocycles. The lowest BCUT2D eigenvalue weighted by Gasteiger charge is -2.28. The Bertz CT molecular complexity index is 408. The molecular formula is C13H18Cl2FNO. The van der Waals surface area contributed by atoms with E-state index in [-0.39, 0.29) is 34.7 Å². The van der Waals surface area contributed by atoms with Gasteiger partial charge in [0.05, 0.1) is 5.02 Å². The zero-order chi connectivity index (χ0) is 12.4. The van der Waals surface area contributed by atoms with Gasteiger partial charge >= 0.3 is 0 Å². The summed E-state index contributed by atoms with van der Waals surface area (Å²) in [6.07, 6.45) is 5.45. The molecule has 102 valence electrons. The molecule has 2 nitrogen and oxygen atoms in total. The summed E-state index contributed by atoms with van der Waals surface area (Å²) in [5.74, 6) is -0.433. The molecule has 2 rings (SSSR count). The van der Waals surface area contributed by atoms with Gasteiger partial charge in [0.1, 0.15) is 11.6 Å². The van der Waals surface area contributed by atoms with Gasteiger partial charge in [0, 0.05) is 11.6 Å². The van der Waals surface area contributed by atoms with E-state index in [1.54, 1.807) is 0 Å². The van der Waals surface area contributed by atoms with Crippen LogP contribution in [-0.2, 0) is 0 Å². The quantitative estimate of drug-likeness (QED) is 0.859. The van der Waals surface area contributed by atoms with Gasteiger partial charge in [0.2, 0.25) is 0 Å². The van der Waals surface area contributed by atoms with Crippen LogP contribution < -0.4 is 5.73 Å². The number of aromatic hydroxyl groups is 1. The highest BCUT2D eigenvalue weighted by Crippen LogP contribution is 2.39. The lowest BCUT2D eigenvalue weighted by molar-refractivity contribution is 0.297. The Morgan fingerprint density at radius 1 is 1.28 bits per heavy atom. The van der Waals surface area contributed by atoms with Crippen molar-refractivity contribution in [3.05, 3.63) is 28.5 Å². The molecule has 0 heterocycles. The zero-order valence-corrected chi connectivity index (χ0v) is 11.6. The summed E-state index contributed by atoms with van der Waals surface area (Å²) in [6, 6.07) is 2.15. The van der Waals surface area contributed by atoms with Crippen LogP contribution in [0, 0.1) is 11.7 Å². The van der Waals surface area contributed by atoms with Gasteiger partial charge in [-0.25, -0.2) is 4.39 Å². The van der Waals surface area contributed by atoms with Crippen LogP contribution in [0.15, 0.2) is 12.1 Å². The Balaban J connectivity index is 0.00000162. The lowest BCUT2D eigenvalue weighted by Crippen LogP contribution is -2.24. The molecule has 1 aromatic rings. The van der Waals surface area contributed by atoms with Crippen LogP contribution in [0.1, 0.15) is 43.7 Å². The number of hydrogen-bond donors (Lipinski definition) is 2. The number of halogens is 3. The molecule has 18 heavy (non-hydrogen) atoms. The normalized spacial score (nSPS) is 18.2. The summed E-state index contributed by atoms with van der Waals surface area (Å²) in [6.45, 7) is 0. The SMILES string of the molecule is Cl.N[C@@H](c1c(F)ccc(Cl)c1O)C1CCCCC1. The highest BCUT2D eigenvalue weighted by Gasteiger charge is 2.27. The van der Waals surface area contributed by atoms with E-state index in [0.717, 1.165) is 25.7 Å². The standard InChI is InChI=1S/C13H17ClFNO.ClH/c14-9-6-7-10(15)11(13(9)17)12(16)8-4-2-1-3-5-8;/h6-8,12,17H,1-5,16H2;1H/t12-;/m1./s1. The molecular weight excluding hydrogens is 276 g/mol. The average Bonchev–Trinajstić information content (AvgIpc) is 2.35. The fourth-order valence-corrected chi connectivity index (χ4v) is 2.77. The predicted molar refractivity (Wildman–Crippen MR) is 73.8 cm³/mol. The third-order valence-corrected chi connectivity index (χ3v) is 3.91. The number of nitrogens with two attached hydrogens (primary N) is 1. The first kappa shape index (κ1) is 15.5. The smallest absolute Gasteiger partial charge is 0.141 e. The second-order valence-corrected chi connectivity index (χ2v) is 5.12. The van der Waals surface area contributed by atoms with Crippen molar-refractivity contribution in [3.63, 3.8) is 0 Å². The second-order valence-electron chi connectivity index (χ2n) is 4.72. The van der Waals surface area contributed by atoms with E-state index < -0.39 is 11.9 Å². The Kier molecular flexibility index (Phi) is 5.70. The summed E-state index contributed by atoms with van der Waals surface area (Å²) in [4.78, 5) is 0. The van der Waals surface area contributed by atoms with Crippen molar-refractivity contribution in [2.75, 3.05) is 0 Å². The van der Waals surface area contributed by atoms with Crippen LogP contribution in [0.3, 0.4) is 0 Å². The van der Waals surface area contributed by atoms with Crippen LogP contribution in [0.2, 0.25) is 5.02 Å². The molecule has 0 bridgehead atoms. The molecule has 0 radical (unpaired) electrons. The van der Waals surface area contributed by atoms with Gasteiger partial charge in [-0.1, -0.05) is 30.9 Å². The van der Waals surface area contributed by atoms with Gasteiger partial charge in [0.25, 0.3) is 0 Å². The van der Waals surface area contributed by atoms with Crippen molar-refractivity contribution in [1.29, 1.82) is 0 Å². The number of phenolic OH excluding ortho intramolecular Hbond substituents is 1. The molecule has 5 heteroatoms. The highest BCUT2D eigenvalue weighted by atomic mass is 35.5. The number of benzene rings is 1. The van der Waals surface area contributed by atoms with Crippen LogP contribution >= 0.6 is 24.0 Å². The van der Waals surface area contributed by atoms with Crippen LogP contribution in [0.4, 0.5) is 4.39 Å². The van der Waals surface area contributed by atoms with Gasteiger partial charge in [-0.05, 0) is 30.9 Å². The molecule has 0 spiro atoms. The maximum absolute atomic E-state index is 13.7. The third kappa shape index (κ3) is 3.08. The van der Waals surface area contributed by atoms with E-state index in [9.17, 15) is 9.50 Å². The molecule has 0 amide bonds. The number of rotatable bonds is 2. The predicted octanol–water partition coefficient (Wildman–Crippen LogP) is 4.19. The summed E-state index contributed by atoms with van der Waals surface area (Å²) < 4.78 is 13.7. The Morgan fingerprint density at radius 2 is 1.89 bits per heavy atom. The fourth-order valence-electron chi connectivity index (χ4n) is 2.60. The van der Waals surface area contributed by atoms with Gasteiger partial charge in [-0.2, -0.15) is 0 Å². The second kappa shape index (κ2) is 6.60. The largest absolute Gasteiger partial charge is 0.506 e. The first-order valence-corrected chi connectivity index (χ1v) is 6.41. The maximum Gasteiger partial charge on any atom is 0.141 e. The molecule has 1 aliphatic rings. The van der Waals surface area contributed by atoms with Gasteiger partial charge in [-0.15, -0.1) is 12.4 Å². The van der Waals surface area contributed by atoms with E-state index in [4.69, 9.17) is 17.3 Å². The Hall–Kier alpha value is -0.510. The van der Waals surface area contributed by atoms with Crippen molar-refractivity contribution >= 4 is 24.0 Å². The van der Waals surface area contributed by atoms with E-state index in [2.05, 4.69) is 0 Å². The molecule has 0 unspecified atom stereocenters. The third-order valence-electron chi connectivity index (χ3n) is 3.61. The fraction of sp³-hybridized carbons (Fsp3) is 0.538. The molecule has 1 aromatic carbocycles. The van der Waals surface area contributed by atoms with Crippen LogP contribution in [-0.4, -0.2) is 5.11 Å². The number of phenols is 1. The molecule has 1 fully saturated rings. The first-order valence-electron chi connectivity index (χ1n) is 6.03. The minimum Gasteiger partial charge on any atom is -0.506 e. The lowest BCUT2D eigenvalue weighted by atomic mass is 9.81. The minimum atomic E-state index is -0.468. The van der Waals surface area contributed by atoms with E-state index >= 15 is 0 Å². The Morgan fingerprint density at radius 3 is 2.50 bits per heavy atom. The molecule has 0 aromatic heterocycles. The van der Waals surface area contributed by atoms with E-state index in [1.165, 1.54) is 18.6 Å². The van der Waals surface area contributed by atoms with Crippen LogP contribution in [0.5, 0.6) is 5.75 Å². The monoisotopic (exact) mass is 293 g/mol. The van der Waals surface area contributed by atoms with E-state index in [0.29, 0.717) is 0 Å². The summed E-state index contributed by atoms with van der Waals surface area (Å²) in [5.41, 5.74) is 6.25. The number of hydrogen-bond acceptors (Lipinski definition) is 2.